The van der Waals surface area contributed by atoms with Gasteiger partial charge in [-0.2, -0.15) is 0 Å². The maximum Gasteiger partial charge on any atom is 0.182 e. The molecule has 0 amide bonds. The highest BCUT2D eigenvalue weighted by Gasteiger charge is 2.36. The monoisotopic (exact) mass is 772 g/mol. The van der Waals surface area contributed by atoms with Gasteiger partial charge in [-0.3, -0.25) is 0 Å². The van der Waals surface area contributed by atoms with Gasteiger partial charge >= 0.3 is 0 Å². The molecule has 8 aromatic rings. The normalized spacial score (nSPS) is 16.6. The Labute approximate surface area is 336 Å². The van der Waals surface area contributed by atoms with Crippen LogP contribution < -0.4 is 20.4 Å². The minimum Gasteiger partial charge on any atom is -0.381 e. The van der Waals surface area contributed by atoms with Gasteiger partial charge in [-0.1, -0.05) is 24.3 Å². The van der Waals surface area contributed by atoms with Crippen LogP contribution in [0.3, 0.4) is 0 Å². The molecular weight excluding hydrogens is 725 g/mol. The Hall–Kier alpha value is -6.34. The van der Waals surface area contributed by atoms with E-state index in [2.05, 4.69) is 100.0 Å². The van der Waals surface area contributed by atoms with Gasteiger partial charge in [0.1, 0.15) is 34.3 Å². The molecule has 3 aliphatic heterocycles. The smallest absolute Gasteiger partial charge is 0.182 e. The molecule has 6 aromatic heterocycles. The Morgan fingerprint density at radius 1 is 0.569 bits per heavy atom. The third-order valence-corrected chi connectivity index (χ3v) is 12.1. The van der Waals surface area contributed by atoms with Gasteiger partial charge in [-0.05, 0) is 114 Å². The maximum atomic E-state index is 5.58. The van der Waals surface area contributed by atoms with Crippen molar-refractivity contribution in [1.29, 1.82) is 0 Å². The molecule has 11 rings (SSSR count). The first-order chi connectivity index (χ1) is 28.6. The lowest BCUT2D eigenvalue weighted by molar-refractivity contribution is 0.00206. The number of nitrogens with one attached hydrogen (secondary N) is 4. The van der Waals surface area contributed by atoms with Crippen LogP contribution in [-0.4, -0.2) is 79.3 Å². The van der Waals surface area contributed by atoms with Crippen molar-refractivity contribution < 1.29 is 4.74 Å². The number of nitrogens with zero attached hydrogens (tertiary/aromatic N) is 8. The molecule has 0 atom stereocenters. The zero-order chi connectivity index (χ0) is 38.7. The summed E-state index contributed by atoms with van der Waals surface area (Å²) in [6.45, 7) is 7.46. The third kappa shape index (κ3) is 7.82. The van der Waals surface area contributed by atoms with E-state index in [0.29, 0.717) is 29.8 Å². The molecule has 9 heterocycles. The molecule has 0 unspecified atom stereocenters. The first-order valence-electron chi connectivity index (χ1n) is 20.6. The second-order valence-corrected chi connectivity index (χ2v) is 15.8. The van der Waals surface area contributed by atoms with E-state index >= 15 is 0 Å². The molecule has 1 spiro atoms. The van der Waals surface area contributed by atoms with Crippen molar-refractivity contribution >= 4 is 67.4 Å². The third-order valence-electron chi connectivity index (χ3n) is 12.1. The van der Waals surface area contributed by atoms with E-state index in [-0.39, 0.29) is 0 Å². The Bertz CT molecular complexity index is 2670. The lowest BCUT2D eigenvalue weighted by atomic mass is 9.72. The Morgan fingerprint density at radius 2 is 1.09 bits per heavy atom. The molecule has 2 aromatic carbocycles. The Balaban J connectivity index is 0.000000144. The number of rotatable bonds is 8. The topological polar surface area (TPSA) is 149 Å². The zero-order valence-corrected chi connectivity index (χ0v) is 32.6. The van der Waals surface area contributed by atoms with Gasteiger partial charge in [0, 0.05) is 75.9 Å². The van der Waals surface area contributed by atoms with Crippen LogP contribution in [0, 0.1) is 5.41 Å². The molecule has 3 aliphatic rings. The highest BCUT2D eigenvalue weighted by atomic mass is 16.5. The highest BCUT2D eigenvalue weighted by Crippen LogP contribution is 2.41. The van der Waals surface area contributed by atoms with E-state index < -0.39 is 0 Å². The van der Waals surface area contributed by atoms with Gasteiger partial charge in [-0.15, -0.1) is 0 Å². The molecule has 294 valence electrons. The van der Waals surface area contributed by atoms with Gasteiger partial charge in [-0.25, -0.2) is 29.9 Å². The maximum absolute atomic E-state index is 5.58. The van der Waals surface area contributed by atoms with Crippen molar-refractivity contribution in [3.63, 3.8) is 0 Å². The lowest BCUT2D eigenvalue weighted by Gasteiger charge is -2.44. The van der Waals surface area contributed by atoms with E-state index in [1.807, 2.05) is 30.6 Å². The standard InChI is InChI=1S/C25H28N6O.C20H20N6/c1-2-19-5-10-26-21(19)15-18(1)16-28-22-17-27-20-3-4-23(30-24(20)29-22)31-11-6-25(7-12-31)8-13-32-14-9-25;1-2-10-26(9-1)19-6-5-16-20(25-19)24-18(13-22-16)23-12-14-3-4-15-7-8-21-17(15)11-14/h1-5,10,15,17,26H,6-9,11-14,16H2,(H,28,29,30);3-8,11,13,21H,1-2,9-10,12H2,(H,23,24,25). The summed E-state index contributed by atoms with van der Waals surface area (Å²) in [5.74, 6) is 3.49. The molecule has 0 aliphatic carbocycles. The number of pyridine rings is 2. The second-order valence-electron chi connectivity index (χ2n) is 15.8. The van der Waals surface area contributed by atoms with Crippen molar-refractivity contribution in [3.8, 4) is 0 Å². The van der Waals surface area contributed by atoms with Crippen molar-refractivity contribution in [3.05, 3.63) is 109 Å². The van der Waals surface area contributed by atoms with Crippen LogP contribution in [0.25, 0.3) is 44.1 Å². The Morgan fingerprint density at radius 3 is 1.62 bits per heavy atom. The predicted octanol–water partition coefficient (Wildman–Crippen LogP) is 8.23. The fraction of sp³-hybridized carbons (Fsp3) is 0.333. The van der Waals surface area contributed by atoms with Crippen LogP contribution in [0.5, 0.6) is 0 Å². The number of aromatic nitrogens is 8. The van der Waals surface area contributed by atoms with Crippen molar-refractivity contribution in [2.75, 3.05) is 59.8 Å². The molecule has 3 fully saturated rings. The minimum atomic E-state index is 0.478. The number of hydrogen-bond donors (Lipinski definition) is 4. The van der Waals surface area contributed by atoms with Gasteiger partial charge in [0.2, 0.25) is 0 Å². The summed E-state index contributed by atoms with van der Waals surface area (Å²) >= 11 is 0. The van der Waals surface area contributed by atoms with Crippen LogP contribution in [-0.2, 0) is 17.8 Å². The number of fused-ring (bicyclic) bond motifs is 4. The summed E-state index contributed by atoms with van der Waals surface area (Å²) in [6.07, 6.45) is 14.8. The van der Waals surface area contributed by atoms with Gasteiger partial charge in [0.05, 0.1) is 12.4 Å². The summed E-state index contributed by atoms with van der Waals surface area (Å²) in [5, 5.41) is 9.19. The van der Waals surface area contributed by atoms with E-state index in [4.69, 9.17) is 19.7 Å². The average molecular weight is 773 g/mol. The van der Waals surface area contributed by atoms with E-state index in [9.17, 15) is 0 Å². The lowest BCUT2D eigenvalue weighted by Crippen LogP contribution is -2.43. The molecule has 4 N–H and O–H groups in total. The summed E-state index contributed by atoms with van der Waals surface area (Å²) in [4.78, 5) is 39.2. The van der Waals surface area contributed by atoms with Crippen molar-refractivity contribution in [2.24, 2.45) is 5.41 Å². The SMILES string of the molecule is c1cc2ccc(CNc3cnc4ccc(N5CCC6(CCOCC6)CC5)nc4n3)cc2[nH]1.c1cc2ccc(CNc3cnc4ccc(N5CCCC5)nc4n3)cc2[nH]1. The van der Waals surface area contributed by atoms with E-state index in [1.54, 1.807) is 12.4 Å². The number of benzene rings is 2. The molecule has 3 saturated heterocycles. The summed E-state index contributed by atoms with van der Waals surface area (Å²) < 4.78 is 5.58. The van der Waals surface area contributed by atoms with Crippen LogP contribution in [0.4, 0.5) is 23.3 Å². The number of aromatic amines is 2. The zero-order valence-electron chi connectivity index (χ0n) is 32.6. The summed E-state index contributed by atoms with van der Waals surface area (Å²) in [6, 6.07) is 25.1. The summed E-state index contributed by atoms with van der Waals surface area (Å²) in [7, 11) is 0. The van der Waals surface area contributed by atoms with Gasteiger partial charge in [0.25, 0.3) is 0 Å². The van der Waals surface area contributed by atoms with Gasteiger partial charge in [0.15, 0.2) is 11.3 Å². The van der Waals surface area contributed by atoms with Crippen LogP contribution >= 0.6 is 0 Å². The fourth-order valence-corrected chi connectivity index (χ4v) is 8.55. The molecule has 0 radical (unpaired) electrons. The van der Waals surface area contributed by atoms with Crippen molar-refractivity contribution in [1.82, 2.24) is 39.9 Å². The van der Waals surface area contributed by atoms with Crippen LogP contribution in [0.2, 0.25) is 0 Å². The number of piperidine rings is 1. The number of anilines is 4. The van der Waals surface area contributed by atoms with Crippen LogP contribution in [0.1, 0.15) is 49.7 Å². The summed E-state index contributed by atoms with van der Waals surface area (Å²) in [5.41, 5.74) is 8.19. The van der Waals surface area contributed by atoms with Gasteiger partial charge < -0.3 is 35.1 Å². The fourth-order valence-electron chi connectivity index (χ4n) is 8.55. The minimum absolute atomic E-state index is 0.478. The first kappa shape index (κ1) is 36.0. The molecule has 0 saturated carbocycles. The quantitative estimate of drug-likeness (QED) is 0.118. The molecular formula is C45H48N12O. The number of H-pyrrole nitrogens is 2. The largest absolute Gasteiger partial charge is 0.381 e. The number of hydrogen-bond acceptors (Lipinski definition) is 11. The number of ether oxygens (including phenoxy) is 1. The second kappa shape index (κ2) is 15.9. The van der Waals surface area contributed by atoms with Crippen LogP contribution in [0.15, 0.2) is 97.6 Å². The molecule has 58 heavy (non-hydrogen) atoms. The molecule has 13 nitrogen and oxygen atoms in total. The highest BCUT2D eigenvalue weighted by molar-refractivity contribution is 5.81. The Kier molecular flexibility index (Phi) is 9.87. The van der Waals surface area contributed by atoms with E-state index in [0.717, 1.165) is 84.7 Å². The first-order valence-corrected chi connectivity index (χ1v) is 20.6. The van der Waals surface area contributed by atoms with E-state index in [1.165, 1.54) is 60.4 Å². The molecule has 0 bridgehead atoms. The molecule has 13 heteroatoms. The average Bonchev–Trinajstić information content (AvgIpc) is 4.08. The predicted molar refractivity (Wildman–Crippen MR) is 231 cm³/mol. The van der Waals surface area contributed by atoms with Crippen molar-refractivity contribution in [2.45, 2.75) is 51.6 Å².